The summed E-state index contributed by atoms with van der Waals surface area (Å²) in [7, 11) is -2.04. The fourth-order valence-electron chi connectivity index (χ4n) is 3.40. The maximum Gasteiger partial charge on any atom is 0.243 e. The predicted molar refractivity (Wildman–Crippen MR) is 84.9 cm³/mol. The van der Waals surface area contributed by atoms with E-state index in [2.05, 4.69) is 0 Å². The highest BCUT2D eigenvalue weighted by atomic mass is 32.2. The average Bonchev–Trinajstić information content (AvgIpc) is 2.58. The summed E-state index contributed by atoms with van der Waals surface area (Å²) >= 11 is 0. The summed E-state index contributed by atoms with van der Waals surface area (Å²) in [5.41, 5.74) is -0.571. The van der Waals surface area contributed by atoms with Gasteiger partial charge in [0.25, 0.3) is 0 Å². The van der Waals surface area contributed by atoms with Crippen molar-refractivity contribution in [2.45, 2.75) is 42.3 Å². The molecule has 6 nitrogen and oxygen atoms in total. The van der Waals surface area contributed by atoms with Crippen LogP contribution in [0.1, 0.15) is 25.7 Å². The first-order chi connectivity index (χ1) is 11.0. The van der Waals surface area contributed by atoms with E-state index in [0.29, 0.717) is 38.3 Å². The fraction of sp³-hybridized carbons (Fsp3) is 0.625. The molecule has 2 aliphatic rings. The molecule has 1 N–H and O–H groups in total. The molecule has 2 saturated heterocycles. The van der Waals surface area contributed by atoms with Crippen LogP contribution in [0.15, 0.2) is 29.2 Å². The average molecular weight is 341 g/mol. The van der Waals surface area contributed by atoms with Gasteiger partial charge in [-0.3, -0.25) is 0 Å². The van der Waals surface area contributed by atoms with E-state index in [9.17, 15) is 13.5 Å². The minimum absolute atomic E-state index is 0.234. The fourth-order valence-corrected chi connectivity index (χ4v) is 4.88. The van der Waals surface area contributed by atoms with Crippen molar-refractivity contribution in [3.05, 3.63) is 24.3 Å². The van der Waals surface area contributed by atoms with Gasteiger partial charge in [-0.1, -0.05) is 6.07 Å². The Hall–Kier alpha value is -1.15. The minimum Gasteiger partial charge on any atom is -0.497 e. The predicted octanol–water partition coefficient (Wildman–Crippen LogP) is 1.39. The number of hydrogen-bond acceptors (Lipinski definition) is 5. The third-order valence-electron chi connectivity index (χ3n) is 4.87. The van der Waals surface area contributed by atoms with Crippen LogP contribution in [0, 0.1) is 0 Å². The Balaban J connectivity index is 1.75. The van der Waals surface area contributed by atoms with Crippen molar-refractivity contribution in [2.75, 3.05) is 26.8 Å². The molecule has 3 rings (SSSR count). The Labute approximate surface area is 137 Å². The van der Waals surface area contributed by atoms with Gasteiger partial charge in [0.05, 0.1) is 23.7 Å². The molecule has 23 heavy (non-hydrogen) atoms. The van der Waals surface area contributed by atoms with Crippen molar-refractivity contribution in [3.63, 3.8) is 0 Å². The van der Waals surface area contributed by atoms with Gasteiger partial charge >= 0.3 is 0 Å². The molecule has 0 saturated carbocycles. The zero-order valence-electron chi connectivity index (χ0n) is 13.3. The molecule has 2 heterocycles. The van der Waals surface area contributed by atoms with E-state index < -0.39 is 21.7 Å². The van der Waals surface area contributed by atoms with Gasteiger partial charge in [-0.05, 0) is 37.8 Å². The standard InChI is InChI=1S/C16H23NO5S/c1-21-13-4-2-5-14(12-13)23(19,20)17-9-7-16(8-10-17)15(18)6-3-11-22-16/h2,4-5,12,15,18H,3,6-11H2,1H3/t15-/m1/s1. The van der Waals surface area contributed by atoms with Crippen LogP contribution in [-0.4, -0.2) is 56.3 Å². The number of methoxy groups -OCH3 is 1. The highest BCUT2D eigenvalue weighted by molar-refractivity contribution is 7.89. The molecule has 0 aromatic heterocycles. The number of benzene rings is 1. The Morgan fingerprint density at radius 1 is 1.35 bits per heavy atom. The summed E-state index contributed by atoms with van der Waals surface area (Å²) in [5, 5.41) is 10.2. The van der Waals surface area contributed by atoms with Crippen molar-refractivity contribution in [2.24, 2.45) is 0 Å². The molecule has 1 spiro atoms. The van der Waals surface area contributed by atoms with E-state index in [0.717, 1.165) is 12.8 Å². The summed E-state index contributed by atoms with van der Waals surface area (Å²) in [4.78, 5) is 0.234. The Morgan fingerprint density at radius 3 is 2.74 bits per heavy atom. The Bertz CT molecular complexity index is 652. The normalized spacial score (nSPS) is 25.4. The van der Waals surface area contributed by atoms with Gasteiger partial charge in [-0.25, -0.2) is 8.42 Å². The number of hydrogen-bond donors (Lipinski definition) is 1. The molecule has 2 aliphatic heterocycles. The number of nitrogens with zero attached hydrogens (tertiary/aromatic N) is 1. The van der Waals surface area contributed by atoms with Gasteiger partial charge in [0.15, 0.2) is 0 Å². The van der Waals surface area contributed by atoms with Crippen molar-refractivity contribution in [1.29, 1.82) is 0 Å². The molecule has 128 valence electrons. The van der Waals surface area contributed by atoms with E-state index in [1.54, 1.807) is 18.2 Å². The van der Waals surface area contributed by atoms with E-state index in [-0.39, 0.29) is 4.90 Å². The Morgan fingerprint density at radius 2 is 2.09 bits per heavy atom. The zero-order valence-corrected chi connectivity index (χ0v) is 14.1. The highest BCUT2D eigenvalue weighted by Gasteiger charge is 2.45. The van der Waals surface area contributed by atoms with Crippen LogP contribution >= 0.6 is 0 Å². The van der Waals surface area contributed by atoms with E-state index >= 15 is 0 Å². The second-order valence-corrected chi connectivity index (χ2v) is 8.09. The van der Waals surface area contributed by atoms with Crippen LogP contribution < -0.4 is 4.74 Å². The van der Waals surface area contributed by atoms with E-state index in [1.165, 1.54) is 17.5 Å². The molecule has 0 unspecified atom stereocenters. The van der Waals surface area contributed by atoms with Crippen molar-refractivity contribution < 1.29 is 23.0 Å². The topological polar surface area (TPSA) is 76.1 Å². The van der Waals surface area contributed by atoms with Gasteiger partial charge in [-0.15, -0.1) is 0 Å². The first kappa shape index (κ1) is 16.7. The van der Waals surface area contributed by atoms with Gasteiger partial charge in [0.1, 0.15) is 5.75 Å². The van der Waals surface area contributed by atoms with Crippen molar-refractivity contribution in [3.8, 4) is 5.75 Å². The van der Waals surface area contributed by atoms with Gasteiger partial charge in [0, 0.05) is 25.8 Å². The molecular formula is C16H23NO5S. The van der Waals surface area contributed by atoms with Crippen molar-refractivity contribution in [1.82, 2.24) is 4.31 Å². The number of aliphatic hydroxyl groups excluding tert-OH is 1. The van der Waals surface area contributed by atoms with Gasteiger partial charge in [-0.2, -0.15) is 4.31 Å². The molecule has 0 radical (unpaired) electrons. The lowest BCUT2D eigenvalue weighted by atomic mass is 9.82. The van der Waals surface area contributed by atoms with Crippen LogP contribution in [-0.2, 0) is 14.8 Å². The summed E-state index contributed by atoms with van der Waals surface area (Å²) in [6.45, 7) is 1.35. The van der Waals surface area contributed by atoms with Crippen molar-refractivity contribution >= 4 is 10.0 Å². The highest BCUT2D eigenvalue weighted by Crippen LogP contribution is 2.36. The van der Waals surface area contributed by atoms with Crippen LogP contribution in [0.25, 0.3) is 0 Å². The monoisotopic (exact) mass is 341 g/mol. The van der Waals surface area contributed by atoms with Gasteiger partial charge in [0.2, 0.25) is 10.0 Å². The zero-order chi connectivity index (χ0) is 16.5. The van der Waals surface area contributed by atoms with E-state index in [1.807, 2.05) is 0 Å². The SMILES string of the molecule is COc1cccc(S(=O)(=O)N2CCC3(CC2)OCCC[C@H]3O)c1. The van der Waals surface area contributed by atoms with Crippen LogP contribution in [0.4, 0.5) is 0 Å². The number of rotatable bonds is 3. The van der Waals surface area contributed by atoms with Crippen LogP contribution in [0.5, 0.6) is 5.75 Å². The lowest BCUT2D eigenvalue weighted by molar-refractivity contribution is -0.172. The molecule has 1 aromatic carbocycles. The summed E-state index contributed by atoms with van der Waals surface area (Å²) in [5.74, 6) is 0.519. The second kappa shape index (κ2) is 6.39. The number of sulfonamides is 1. The maximum absolute atomic E-state index is 12.8. The molecule has 0 aliphatic carbocycles. The summed E-state index contributed by atoms with van der Waals surface area (Å²) in [6, 6.07) is 6.50. The maximum atomic E-state index is 12.8. The smallest absolute Gasteiger partial charge is 0.243 e. The summed E-state index contributed by atoms with van der Waals surface area (Å²) in [6.07, 6.45) is 2.13. The van der Waals surface area contributed by atoms with E-state index in [4.69, 9.17) is 9.47 Å². The summed E-state index contributed by atoms with van der Waals surface area (Å²) < 4.78 is 38.0. The quantitative estimate of drug-likeness (QED) is 0.899. The number of aliphatic hydroxyl groups is 1. The first-order valence-electron chi connectivity index (χ1n) is 7.94. The minimum atomic E-state index is -3.55. The number of ether oxygens (including phenoxy) is 2. The third kappa shape index (κ3) is 3.10. The molecule has 7 heteroatoms. The lowest BCUT2D eigenvalue weighted by Crippen LogP contribution is -2.56. The number of piperidine rings is 1. The molecule has 0 bridgehead atoms. The molecule has 2 fully saturated rings. The largest absolute Gasteiger partial charge is 0.497 e. The molecule has 1 aromatic rings. The van der Waals surface area contributed by atoms with Gasteiger partial charge < -0.3 is 14.6 Å². The molecular weight excluding hydrogens is 318 g/mol. The van der Waals surface area contributed by atoms with Crippen LogP contribution in [0.2, 0.25) is 0 Å². The third-order valence-corrected chi connectivity index (χ3v) is 6.76. The van der Waals surface area contributed by atoms with Crippen LogP contribution in [0.3, 0.4) is 0 Å². The lowest BCUT2D eigenvalue weighted by Gasteiger charge is -2.46. The molecule has 1 atom stereocenters. The second-order valence-electron chi connectivity index (χ2n) is 6.15. The molecule has 0 amide bonds. The first-order valence-corrected chi connectivity index (χ1v) is 9.38. The Kier molecular flexibility index (Phi) is 4.64.